The number of sulfone groups is 1. The van der Waals surface area contributed by atoms with E-state index in [1.54, 1.807) is 20.8 Å². The van der Waals surface area contributed by atoms with Gasteiger partial charge in [0.15, 0.2) is 9.84 Å². The van der Waals surface area contributed by atoms with Gasteiger partial charge in [0.05, 0.1) is 29.3 Å². The van der Waals surface area contributed by atoms with Gasteiger partial charge in [-0.2, -0.15) is 0 Å². The molecular formula is C12H24O4S. The van der Waals surface area contributed by atoms with E-state index in [0.29, 0.717) is 0 Å². The Labute approximate surface area is 104 Å². The molecule has 0 saturated heterocycles. The fourth-order valence-corrected chi connectivity index (χ4v) is 2.77. The first-order valence-corrected chi connectivity index (χ1v) is 7.89. The zero-order valence-electron chi connectivity index (χ0n) is 11.0. The van der Waals surface area contributed by atoms with Crippen molar-refractivity contribution in [1.82, 2.24) is 0 Å². The molecule has 0 spiro atoms. The van der Waals surface area contributed by atoms with E-state index in [1.807, 2.05) is 0 Å². The minimum absolute atomic E-state index is 0.0789. The van der Waals surface area contributed by atoms with E-state index in [1.165, 1.54) is 0 Å². The maximum atomic E-state index is 11.8. The summed E-state index contributed by atoms with van der Waals surface area (Å²) in [5, 5.41) is 9.34. The van der Waals surface area contributed by atoms with Crippen LogP contribution in [0.5, 0.6) is 0 Å². The molecule has 0 amide bonds. The summed E-state index contributed by atoms with van der Waals surface area (Å²) >= 11 is 0. The molecule has 0 heterocycles. The molecule has 1 aliphatic carbocycles. The zero-order valence-corrected chi connectivity index (χ0v) is 11.8. The molecular weight excluding hydrogens is 240 g/mol. The van der Waals surface area contributed by atoms with Crippen LogP contribution in [-0.2, 0) is 14.6 Å². The Bertz CT molecular complexity index is 321. The van der Waals surface area contributed by atoms with E-state index in [9.17, 15) is 13.5 Å². The van der Waals surface area contributed by atoms with Crippen LogP contribution in [0.4, 0.5) is 0 Å². The van der Waals surface area contributed by atoms with E-state index in [-0.39, 0.29) is 24.6 Å². The molecule has 0 aromatic rings. The fourth-order valence-electron chi connectivity index (χ4n) is 1.84. The first-order valence-electron chi connectivity index (χ1n) is 6.24. The highest BCUT2D eigenvalue weighted by atomic mass is 32.2. The van der Waals surface area contributed by atoms with Gasteiger partial charge in [-0.05, 0) is 46.5 Å². The van der Waals surface area contributed by atoms with Gasteiger partial charge in [-0.1, -0.05) is 0 Å². The highest BCUT2D eigenvalue weighted by molar-refractivity contribution is 7.92. The Morgan fingerprint density at radius 2 is 1.71 bits per heavy atom. The SMILES string of the molecule is CC(C)(C)S(=O)(=O)CCOC1CCC(O)CC1. The molecule has 0 atom stereocenters. The van der Waals surface area contributed by atoms with Gasteiger partial charge in [0.25, 0.3) is 0 Å². The van der Waals surface area contributed by atoms with Gasteiger partial charge < -0.3 is 9.84 Å². The minimum Gasteiger partial charge on any atom is -0.393 e. The van der Waals surface area contributed by atoms with Crippen molar-refractivity contribution in [3.63, 3.8) is 0 Å². The third-order valence-corrected chi connectivity index (χ3v) is 5.85. The third-order valence-electron chi connectivity index (χ3n) is 3.28. The number of hydrogen-bond acceptors (Lipinski definition) is 4. The number of rotatable bonds is 4. The zero-order chi connectivity index (χ0) is 13.1. The van der Waals surface area contributed by atoms with Crippen molar-refractivity contribution in [2.24, 2.45) is 0 Å². The van der Waals surface area contributed by atoms with Crippen molar-refractivity contribution in [3.8, 4) is 0 Å². The van der Waals surface area contributed by atoms with Crippen molar-refractivity contribution < 1.29 is 18.3 Å². The standard InChI is InChI=1S/C12H24O4S/c1-12(2,3)17(14,15)9-8-16-11-6-4-10(13)5-7-11/h10-11,13H,4-9H2,1-3H3. The van der Waals surface area contributed by atoms with Gasteiger partial charge in [-0.3, -0.25) is 0 Å². The van der Waals surface area contributed by atoms with Crippen LogP contribution >= 0.6 is 0 Å². The predicted molar refractivity (Wildman–Crippen MR) is 67.8 cm³/mol. The van der Waals surface area contributed by atoms with Gasteiger partial charge in [0.1, 0.15) is 0 Å². The highest BCUT2D eigenvalue weighted by Gasteiger charge is 2.29. The summed E-state index contributed by atoms with van der Waals surface area (Å²) < 4.78 is 28.5. The fraction of sp³-hybridized carbons (Fsp3) is 1.00. The minimum atomic E-state index is -3.08. The molecule has 0 aromatic carbocycles. The lowest BCUT2D eigenvalue weighted by Crippen LogP contribution is -2.33. The molecule has 1 rings (SSSR count). The van der Waals surface area contributed by atoms with Gasteiger partial charge in [-0.25, -0.2) is 8.42 Å². The van der Waals surface area contributed by atoms with Crippen LogP contribution in [-0.4, -0.2) is 42.8 Å². The molecule has 5 heteroatoms. The first kappa shape index (κ1) is 14.9. The van der Waals surface area contributed by atoms with Crippen molar-refractivity contribution in [2.45, 2.75) is 63.4 Å². The molecule has 1 saturated carbocycles. The molecule has 4 nitrogen and oxygen atoms in total. The summed E-state index contributed by atoms with van der Waals surface area (Å²) in [5.41, 5.74) is 0. The Balaban J connectivity index is 2.29. The second kappa shape index (κ2) is 5.67. The van der Waals surface area contributed by atoms with Crippen molar-refractivity contribution in [1.29, 1.82) is 0 Å². The number of aliphatic hydroxyl groups is 1. The van der Waals surface area contributed by atoms with Crippen LogP contribution in [0.1, 0.15) is 46.5 Å². The Kier molecular flexibility index (Phi) is 4.98. The molecule has 17 heavy (non-hydrogen) atoms. The van der Waals surface area contributed by atoms with E-state index in [0.717, 1.165) is 25.7 Å². The summed E-state index contributed by atoms with van der Waals surface area (Å²) in [6.07, 6.45) is 3.10. The van der Waals surface area contributed by atoms with Gasteiger partial charge >= 0.3 is 0 Å². The highest BCUT2D eigenvalue weighted by Crippen LogP contribution is 2.21. The largest absolute Gasteiger partial charge is 0.393 e. The molecule has 1 N–H and O–H groups in total. The molecule has 102 valence electrons. The van der Waals surface area contributed by atoms with Gasteiger partial charge in [0.2, 0.25) is 0 Å². The van der Waals surface area contributed by atoms with Crippen LogP contribution in [0, 0.1) is 0 Å². The van der Waals surface area contributed by atoms with Gasteiger partial charge in [-0.15, -0.1) is 0 Å². The molecule has 0 aromatic heterocycles. The van der Waals surface area contributed by atoms with Crippen LogP contribution in [0.2, 0.25) is 0 Å². The Morgan fingerprint density at radius 3 is 2.18 bits per heavy atom. The summed E-state index contributed by atoms with van der Waals surface area (Å²) in [7, 11) is -3.08. The number of ether oxygens (including phenoxy) is 1. The van der Waals surface area contributed by atoms with E-state index in [2.05, 4.69) is 0 Å². The van der Waals surface area contributed by atoms with Crippen LogP contribution < -0.4 is 0 Å². The smallest absolute Gasteiger partial charge is 0.157 e. The van der Waals surface area contributed by atoms with Crippen LogP contribution in [0.15, 0.2) is 0 Å². The average molecular weight is 264 g/mol. The normalized spacial score (nSPS) is 27.1. The number of hydrogen-bond donors (Lipinski definition) is 1. The average Bonchev–Trinajstić information content (AvgIpc) is 2.19. The quantitative estimate of drug-likeness (QED) is 0.836. The van der Waals surface area contributed by atoms with Crippen molar-refractivity contribution in [3.05, 3.63) is 0 Å². The van der Waals surface area contributed by atoms with Crippen molar-refractivity contribution >= 4 is 9.84 Å². The Morgan fingerprint density at radius 1 is 1.18 bits per heavy atom. The summed E-state index contributed by atoms with van der Waals surface area (Å²) in [6.45, 7) is 5.39. The van der Waals surface area contributed by atoms with E-state index < -0.39 is 14.6 Å². The predicted octanol–water partition coefficient (Wildman–Crippen LogP) is 1.52. The molecule has 0 aliphatic heterocycles. The summed E-state index contributed by atoms with van der Waals surface area (Å²) in [4.78, 5) is 0. The first-order chi connectivity index (χ1) is 7.72. The molecule has 0 radical (unpaired) electrons. The monoisotopic (exact) mass is 264 g/mol. The third kappa shape index (κ3) is 4.56. The molecule has 1 fully saturated rings. The van der Waals surface area contributed by atoms with Crippen molar-refractivity contribution in [2.75, 3.05) is 12.4 Å². The molecule has 1 aliphatic rings. The lowest BCUT2D eigenvalue weighted by molar-refractivity contribution is 0.00325. The summed E-state index contributed by atoms with van der Waals surface area (Å²) in [6, 6.07) is 0. The lowest BCUT2D eigenvalue weighted by atomic mass is 9.95. The molecule has 0 unspecified atom stereocenters. The van der Waals surface area contributed by atoms with Crippen LogP contribution in [0.25, 0.3) is 0 Å². The Hall–Kier alpha value is -0.130. The molecule has 0 bridgehead atoms. The maximum Gasteiger partial charge on any atom is 0.157 e. The van der Waals surface area contributed by atoms with E-state index >= 15 is 0 Å². The second-order valence-electron chi connectivity index (χ2n) is 5.73. The lowest BCUT2D eigenvalue weighted by Gasteiger charge is -2.26. The van der Waals surface area contributed by atoms with Gasteiger partial charge in [0, 0.05) is 0 Å². The van der Waals surface area contributed by atoms with E-state index in [4.69, 9.17) is 4.74 Å². The van der Waals surface area contributed by atoms with Crippen LogP contribution in [0.3, 0.4) is 0 Å². The maximum absolute atomic E-state index is 11.8. The summed E-state index contributed by atoms with van der Waals surface area (Å²) in [5.74, 6) is 0.0789. The topological polar surface area (TPSA) is 63.6 Å². The second-order valence-corrected chi connectivity index (χ2v) is 8.60. The number of aliphatic hydroxyl groups excluding tert-OH is 1.